The molecule has 0 bridgehead atoms. The van der Waals surface area contributed by atoms with Crippen LogP contribution in [0.25, 0.3) is 17.4 Å². The normalized spacial score (nSPS) is 15.6. The van der Waals surface area contributed by atoms with Gasteiger partial charge in [0, 0.05) is 23.2 Å². The van der Waals surface area contributed by atoms with Crippen molar-refractivity contribution in [3.05, 3.63) is 88.0 Å². The summed E-state index contributed by atoms with van der Waals surface area (Å²) < 4.78 is 6.45. The van der Waals surface area contributed by atoms with Gasteiger partial charge in [-0.15, -0.1) is 0 Å². The lowest BCUT2D eigenvalue weighted by Crippen LogP contribution is -2.30. The van der Waals surface area contributed by atoms with E-state index in [-0.39, 0.29) is 5.91 Å². The molecule has 0 radical (unpaired) electrons. The lowest BCUT2D eigenvalue weighted by molar-refractivity contribution is -0.122. The third kappa shape index (κ3) is 4.22. The summed E-state index contributed by atoms with van der Waals surface area (Å²) in [7, 11) is 0. The van der Waals surface area contributed by atoms with E-state index in [4.69, 9.17) is 28.2 Å². The largest absolute Gasteiger partial charge is 0.457 e. The Morgan fingerprint density at radius 1 is 1.04 bits per heavy atom. The first-order chi connectivity index (χ1) is 13.6. The number of rotatable bonds is 5. The van der Waals surface area contributed by atoms with Crippen molar-refractivity contribution in [2.24, 2.45) is 0 Å². The molecule has 0 saturated carbocycles. The maximum atomic E-state index is 12.7. The third-order valence-electron chi connectivity index (χ3n) is 4.37. The fourth-order valence-corrected chi connectivity index (χ4v) is 4.32. The Kier molecular flexibility index (Phi) is 5.67. The van der Waals surface area contributed by atoms with Crippen LogP contribution >= 0.6 is 35.6 Å². The first kappa shape index (κ1) is 19.0. The van der Waals surface area contributed by atoms with Gasteiger partial charge in [0.05, 0.1) is 4.91 Å². The van der Waals surface area contributed by atoms with Crippen molar-refractivity contribution in [1.29, 1.82) is 0 Å². The van der Waals surface area contributed by atoms with Gasteiger partial charge in [-0.1, -0.05) is 65.9 Å². The van der Waals surface area contributed by atoms with E-state index >= 15 is 0 Å². The number of hydrogen-bond acceptors (Lipinski definition) is 4. The van der Waals surface area contributed by atoms with Crippen LogP contribution in [-0.4, -0.2) is 21.7 Å². The van der Waals surface area contributed by atoms with Gasteiger partial charge >= 0.3 is 0 Å². The predicted octanol–water partition coefficient (Wildman–Crippen LogP) is 6.04. The molecule has 3 nitrogen and oxygen atoms in total. The van der Waals surface area contributed by atoms with Crippen LogP contribution in [0.2, 0.25) is 5.02 Å². The Balaban J connectivity index is 1.47. The Bertz CT molecular complexity index is 1040. The van der Waals surface area contributed by atoms with E-state index in [0.29, 0.717) is 26.6 Å². The van der Waals surface area contributed by atoms with Gasteiger partial charge in [-0.25, -0.2) is 0 Å². The monoisotopic (exact) mass is 425 g/mol. The van der Waals surface area contributed by atoms with Gasteiger partial charge in [-0.05, 0) is 48.4 Å². The molecular formula is C22H16ClNO2S2. The molecule has 4 rings (SSSR count). The Morgan fingerprint density at radius 3 is 2.54 bits per heavy atom. The average molecular weight is 426 g/mol. The summed E-state index contributed by atoms with van der Waals surface area (Å²) in [6.07, 6.45) is 2.52. The minimum atomic E-state index is -0.0737. The first-order valence-corrected chi connectivity index (χ1v) is 10.4. The maximum absolute atomic E-state index is 12.7. The van der Waals surface area contributed by atoms with E-state index in [1.54, 1.807) is 11.0 Å². The number of benzene rings is 2. The summed E-state index contributed by atoms with van der Waals surface area (Å²) in [6.45, 7) is 0.570. The van der Waals surface area contributed by atoms with Crippen molar-refractivity contribution in [2.45, 2.75) is 6.42 Å². The lowest BCUT2D eigenvalue weighted by Gasteiger charge is -2.14. The third-order valence-corrected chi connectivity index (χ3v) is 6.00. The predicted molar refractivity (Wildman–Crippen MR) is 119 cm³/mol. The molecule has 140 valence electrons. The van der Waals surface area contributed by atoms with Crippen LogP contribution in [0.15, 0.2) is 76.1 Å². The van der Waals surface area contributed by atoms with Crippen LogP contribution in [0.5, 0.6) is 0 Å². The minimum Gasteiger partial charge on any atom is -0.457 e. The van der Waals surface area contributed by atoms with E-state index < -0.39 is 0 Å². The second-order valence-electron chi connectivity index (χ2n) is 6.28. The molecule has 0 atom stereocenters. The van der Waals surface area contributed by atoms with E-state index in [1.165, 1.54) is 17.3 Å². The summed E-state index contributed by atoms with van der Waals surface area (Å²) >= 11 is 12.6. The number of carbonyl (C=O) groups is 1. The summed E-state index contributed by atoms with van der Waals surface area (Å²) in [4.78, 5) is 15.0. The number of thioether (sulfide) groups is 1. The van der Waals surface area contributed by atoms with Crippen molar-refractivity contribution in [3.8, 4) is 11.3 Å². The van der Waals surface area contributed by atoms with Gasteiger partial charge in [0.1, 0.15) is 15.8 Å². The van der Waals surface area contributed by atoms with Gasteiger partial charge in [0.15, 0.2) is 0 Å². The summed E-state index contributed by atoms with van der Waals surface area (Å²) in [5, 5.41) is 0.676. The van der Waals surface area contributed by atoms with Gasteiger partial charge < -0.3 is 4.42 Å². The Morgan fingerprint density at radius 2 is 1.79 bits per heavy atom. The fourth-order valence-electron chi connectivity index (χ4n) is 2.91. The van der Waals surface area contributed by atoms with Gasteiger partial charge in [0.25, 0.3) is 5.91 Å². The first-order valence-electron chi connectivity index (χ1n) is 8.75. The quantitative estimate of drug-likeness (QED) is 0.368. The summed E-state index contributed by atoms with van der Waals surface area (Å²) in [5.41, 5.74) is 2.11. The number of amides is 1. The SMILES string of the molecule is O=C1/C(=C/c2ccc(-c3ccc(Cl)cc3)o2)SC(=S)N1CCc1ccccc1. The molecule has 0 spiro atoms. The second-order valence-corrected chi connectivity index (χ2v) is 8.39. The zero-order valence-corrected chi connectivity index (χ0v) is 17.2. The number of thiocarbonyl (C=S) groups is 1. The van der Waals surface area contributed by atoms with Crippen molar-refractivity contribution in [3.63, 3.8) is 0 Å². The summed E-state index contributed by atoms with van der Waals surface area (Å²) in [6, 6.07) is 21.2. The van der Waals surface area contributed by atoms with Crippen molar-refractivity contribution in [2.75, 3.05) is 6.54 Å². The zero-order chi connectivity index (χ0) is 19.5. The molecule has 1 aliphatic heterocycles. The molecule has 2 aromatic carbocycles. The molecule has 0 aliphatic carbocycles. The van der Waals surface area contributed by atoms with E-state index in [9.17, 15) is 4.79 Å². The van der Waals surface area contributed by atoms with Crippen LogP contribution < -0.4 is 0 Å². The molecule has 0 N–H and O–H groups in total. The topological polar surface area (TPSA) is 33.5 Å². The molecule has 1 fully saturated rings. The molecule has 1 amide bonds. The number of nitrogens with zero attached hydrogens (tertiary/aromatic N) is 1. The molecule has 28 heavy (non-hydrogen) atoms. The number of hydrogen-bond donors (Lipinski definition) is 0. The zero-order valence-electron chi connectivity index (χ0n) is 14.8. The Labute approximate surface area is 178 Å². The molecule has 0 unspecified atom stereocenters. The smallest absolute Gasteiger partial charge is 0.266 e. The number of carbonyl (C=O) groups excluding carboxylic acids is 1. The van der Waals surface area contributed by atoms with E-state index in [0.717, 1.165) is 17.7 Å². The highest BCUT2D eigenvalue weighted by atomic mass is 35.5. The highest BCUT2D eigenvalue weighted by Gasteiger charge is 2.31. The molecule has 6 heteroatoms. The van der Waals surface area contributed by atoms with Crippen LogP contribution in [0.1, 0.15) is 11.3 Å². The van der Waals surface area contributed by atoms with Crippen LogP contribution in [0.3, 0.4) is 0 Å². The van der Waals surface area contributed by atoms with Crippen molar-refractivity contribution in [1.82, 2.24) is 4.90 Å². The van der Waals surface area contributed by atoms with Crippen LogP contribution in [0, 0.1) is 0 Å². The van der Waals surface area contributed by atoms with Gasteiger partial charge in [0.2, 0.25) is 0 Å². The molecular weight excluding hydrogens is 410 g/mol. The van der Waals surface area contributed by atoms with E-state index in [2.05, 4.69) is 12.1 Å². The average Bonchev–Trinajstić information content (AvgIpc) is 3.27. The number of furan rings is 1. The van der Waals surface area contributed by atoms with E-state index in [1.807, 2.05) is 54.6 Å². The van der Waals surface area contributed by atoms with Crippen molar-refractivity contribution < 1.29 is 9.21 Å². The molecule has 1 aliphatic rings. The van der Waals surface area contributed by atoms with Crippen molar-refractivity contribution >= 4 is 51.9 Å². The fraction of sp³-hybridized carbons (Fsp3) is 0.0909. The summed E-state index contributed by atoms with van der Waals surface area (Å²) in [5.74, 6) is 1.27. The highest BCUT2D eigenvalue weighted by molar-refractivity contribution is 8.26. The number of halogens is 1. The lowest BCUT2D eigenvalue weighted by atomic mass is 10.1. The van der Waals surface area contributed by atoms with Gasteiger partial charge in [-0.3, -0.25) is 9.69 Å². The molecule has 1 saturated heterocycles. The minimum absolute atomic E-state index is 0.0737. The standard InChI is InChI=1S/C22H16ClNO2S2/c23-17-8-6-16(7-9-17)19-11-10-18(26-19)14-20-21(25)24(22(27)28-20)13-12-15-4-2-1-3-5-15/h1-11,14H,12-13H2/b20-14-. The van der Waals surface area contributed by atoms with Crippen LogP contribution in [-0.2, 0) is 11.2 Å². The molecule has 2 heterocycles. The molecule has 3 aromatic rings. The highest BCUT2D eigenvalue weighted by Crippen LogP contribution is 2.33. The Hall–Kier alpha value is -2.34. The maximum Gasteiger partial charge on any atom is 0.266 e. The second kappa shape index (κ2) is 8.35. The molecule has 1 aromatic heterocycles. The van der Waals surface area contributed by atoms with Gasteiger partial charge in [-0.2, -0.15) is 0 Å². The van der Waals surface area contributed by atoms with Crippen LogP contribution in [0.4, 0.5) is 0 Å².